The van der Waals surface area contributed by atoms with E-state index in [0.717, 1.165) is 37.5 Å². The van der Waals surface area contributed by atoms with Gasteiger partial charge in [-0.15, -0.1) is 0 Å². The van der Waals surface area contributed by atoms with Gasteiger partial charge in [0.25, 0.3) is 0 Å². The quantitative estimate of drug-likeness (QED) is 0.779. The minimum absolute atomic E-state index is 0.00877. The lowest BCUT2D eigenvalue weighted by molar-refractivity contribution is 0.0597. The summed E-state index contributed by atoms with van der Waals surface area (Å²) in [6, 6.07) is 0.574. The Hall–Kier alpha value is -1.06. The van der Waals surface area contributed by atoms with Crippen LogP contribution in [0.4, 0.5) is 0 Å². The Morgan fingerprint density at radius 3 is 1.57 bits per heavy atom. The Kier molecular flexibility index (Phi) is 3.05. The second-order valence-electron chi connectivity index (χ2n) is 7.32. The summed E-state index contributed by atoms with van der Waals surface area (Å²) in [4.78, 5) is 9.52. The molecule has 4 heteroatoms. The van der Waals surface area contributed by atoms with Crippen LogP contribution in [0.3, 0.4) is 0 Å². The van der Waals surface area contributed by atoms with E-state index in [9.17, 15) is 0 Å². The van der Waals surface area contributed by atoms with E-state index in [-0.39, 0.29) is 23.3 Å². The van der Waals surface area contributed by atoms with Gasteiger partial charge in [-0.2, -0.15) is 0 Å². The fourth-order valence-corrected chi connectivity index (χ4v) is 4.64. The van der Waals surface area contributed by atoms with Crippen molar-refractivity contribution in [2.24, 2.45) is 9.98 Å². The molecule has 2 saturated carbocycles. The van der Waals surface area contributed by atoms with Crippen molar-refractivity contribution in [2.75, 3.05) is 0 Å². The maximum atomic E-state index is 6.26. The van der Waals surface area contributed by atoms with E-state index in [0.29, 0.717) is 6.42 Å². The lowest BCUT2D eigenvalue weighted by Crippen LogP contribution is -2.36. The molecule has 0 bridgehead atoms. The van der Waals surface area contributed by atoms with Gasteiger partial charge < -0.3 is 9.47 Å². The van der Waals surface area contributed by atoms with Crippen molar-refractivity contribution >= 4 is 11.8 Å². The van der Waals surface area contributed by atoms with Crippen LogP contribution >= 0.6 is 0 Å². The first-order chi connectivity index (χ1) is 10.1. The smallest absolute Gasteiger partial charge is 0.193 e. The predicted octanol–water partition coefficient (Wildman–Crippen LogP) is 3.64. The zero-order chi connectivity index (χ0) is 14.5. The number of ether oxygens (including phenoxy) is 2. The van der Waals surface area contributed by atoms with Crippen LogP contribution in [-0.2, 0) is 9.47 Å². The SMILES string of the molecule is C[C@H]1N=C(CC2=N[C@H](C)C3(CCCC3)O2)OC12CCCC2. The molecule has 2 spiro atoms. The molecule has 0 aromatic rings. The number of aliphatic imine (C=N–C) groups is 2. The molecule has 0 saturated heterocycles. The van der Waals surface area contributed by atoms with Crippen molar-refractivity contribution in [3.63, 3.8) is 0 Å². The summed E-state index contributed by atoms with van der Waals surface area (Å²) in [5.41, 5.74) is -0.0175. The van der Waals surface area contributed by atoms with Crippen LogP contribution in [0.2, 0.25) is 0 Å². The third-order valence-corrected chi connectivity index (χ3v) is 6.04. The average molecular weight is 290 g/mol. The van der Waals surface area contributed by atoms with Gasteiger partial charge in [-0.3, -0.25) is 0 Å². The minimum Gasteiger partial charge on any atom is -0.472 e. The molecule has 0 unspecified atom stereocenters. The highest BCUT2D eigenvalue weighted by atomic mass is 16.5. The lowest BCUT2D eigenvalue weighted by Gasteiger charge is -2.27. The van der Waals surface area contributed by atoms with Crippen LogP contribution in [0.1, 0.15) is 71.6 Å². The molecule has 116 valence electrons. The Labute approximate surface area is 127 Å². The summed E-state index contributed by atoms with van der Waals surface area (Å²) in [5.74, 6) is 1.70. The van der Waals surface area contributed by atoms with Crippen LogP contribution in [0.25, 0.3) is 0 Å². The van der Waals surface area contributed by atoms with Crippen LogP contribution in [0.5, 0.6) is 0 Å². The molecular formula is C17H26N2O2. The van der Waals surface area contributed by atoms with Crippen molar-refractivity contribution in [3.05, 3.63) is 0 Å². The van der Waals surface area contributed by atoms with Crippen LogP contribution in [0.15, 0.2) is 9.98 Å². The van der Waals surface area contributed by atoms with Gasteiger partial charge in [0, 0.05) is 0 Å². The van der Waals surface area contributed by atoms with Crippen molar-refractivity contribution < 1.29 is 9.47 Å². The highest BCUT2D eigenvalue weighted by Gasteiger charge is 2.49. The van der Waals surface area contributed by atoms with E-state index in [4.69, 9.17) is 19.5 Å². The third-order valence-electron chi connectivity index (χ3n) is 6.04. The van der Waals surface area contributed by atoms with Crippen molar-refractivity contribution in [3.8, 4) is 0 Å². The van der Waals surface area contributed by atoms with E-state index in [1.54, 1.807) is 0 Å². The summed E-state index contributed by atoms with van der Waals surface area (Å²) in [6.07, 6.45) is 10.3. The Bertz CT molecular complexity index is 441. The number of rotatable bonds is 2. The normalized spacial score (nSPS) is 35.9. The Morgan fingerprint density at radius 1 is 0.810 bits per heavy atom. The summed E-state index contributed by atoms with van der Waals surface area (Å²) >= 11 is 0. The molecule has 4 aliphatic rings. The van der Waals surface area contributed by atoms with Gasteiger partial charge >= 0.3 is 0 Å². The van der Waals surface area contributed by atoms with Crippen molar-refractivity contribution in [1.82, 2.24) is 0 Å². The zero-order valence-electron chi connectivity index (χ0n) is 13.2. The highest BCUT2D eigenvalue weighted by Crippen LogP contribution is 2.43. The van der Waals surface area contributed by atoms with Crippen molar-refractivity contribution in [2.45, 2.75) is 94.9 Å². The first kappa shape index (κ1) is 13.6. The van der Waals surface area contributed by atoms with Crippen LogP contribution in [-0.4, -0.2) is 35.1 Å². The van der Waals surface area contributed by atoms with Gasteiger partial charge in [0.1, 0.15) is 11.2 Å². The second kappa shape index (κ2) is 4.72. The van der Waals surface area contributed by atoms with Gasteiger partial charge in [-0.05, 0) is 65.2 Å². The number of hydrogen-bond acceptors (Lipinski definition) is 4. The molecule has 0 aromatic carbocycles. The van der Waals surface area contributed by atoms with Crippen molar-refractivity contribution in [1.29, 1.82) is 0 Å². The summed E-state index contributed by atoms with van der Waals surface area (Å²) < 4.78 is 12.5. The zero-order valence-corrected chi connectivity index (χ0v) is 13.2. The first-order valence-corrected chi connectivity index (χ1v) is 8.63. The monoisotopic (exact) mass is 290 g/mol. The molecule has 4 rings (SSSR count). The Balaban J connectivity index is 1.43. The van der Waals surface area contributed by atoms with E-state index >= 15 is 0 Å². The van der Waals surface area contributed by atoms with E-state index in [2.05, 4.69) is 13.8 Å². The van der Waals surface area contributed by atoms with E-state index in [1.165, 1.54) is 25.7 Å². The van der Waals surface area contributed by atoms with Crippen LogP contribution in [0, 0.1) is 0 Å². The molecule has 2 fully saturated rings. The molecule has 21 heavy (non-hydrogen) atoms. The minimum atomic E-state index is -0.00877. The number of hydrogen-bond donors (Lipinski definition) is 0. The average Bonchev–Trinajstić information content (AvgIpc) is 3.17. The molecule has 0 N–H and O–H groups in total. The summed E-state index contributed by atoms with van der Waals surface area (Å²) in [6.45, 7) is 4.38. The Morgan fingerprint density at radius 2 is 1.19 bits per heavy atom. The maximum absolute atomic E-state index is 6.26. The summed E-state index contributed by atoms with van der Waals surface area (Å²) in [7, 11) is 0. The molecule has 0 radical (unpaired) electrons. The van der Waals surface area contributed by atoms with E-state index in [1.807, 2.05) is 0 Å². The maximum Gasteiger partial charge on any atom is 0.193 e. The lowest BCUT2D eigenvalue weighted by atomic mass is 9.95. The molecule has 2 atom stereocenters. The topological polar surface area (TPSA) is 43.2 Å². The fourth-order valence-electron chi connectivity index (χ4n) is 4.64. The fraction of sp³-hybridized carbons (Fsp3) is 0.882. The van der Waals surface area contributed by atoms with E-state index < -0.39 is 0 Å². The molecule has 2 aliphatic heterocycles. The third kappa shape index (κ3) is 2.09. The molecule has 2 aliphatic carbocycles. The first-order valence-electron chi connectivity index (χ1n) is 8.63. The molecule has 0 aromatic heterocycles. The summed E-state index contributed by atoms with van der Waals surface area (Å²) in [5, 5.41) is 0. The standard InChI is InChI=1S/C17H26N2O2/c1-12-16(7-3-4-8-16)20-14(18-12)11-15-19-13(2)17(21-15)9-5-6-10-17/h12-13H,3-11H2,1-2H3/t12-,13-/m1/s1. The van der Waals surface area contributed by atoms with Gasteiger partial charge in [0.05, 0.1) is 18.5 Å². The number of nitrogens with zero attached hydrogens (tertiary/aromatic N) is 2. The van der Waals surface area contributed by atoms with Gasteiger partial charge in [0.2, 0.25) is 0 Å². The predicted molar refractivity (Wildman–Crippen MR) is 83.0 cm³/mol. The second-order valence-corrected chi connectivity index (χ2v) is 7.32. The van der Waals surface area contributed by atoms with Crippen LogP contribution < -0.4 is 0 Å². The van der Waals surface area contributed by atoms with Gasteiger partial charge in [0.15, 0.2) is 11.8 Å². The molecule has 4 nitrogen and oxygen atoms in total. The largest absolute Gasteiger partial charge is 0.472 e. The highest BCUT2D eigenvalue weighted by molar-refractivity contribution is 5.98. The molecule has 2 heterocycles. The molecule has 0 amide bonds. The van der Waals surface area contributed by atoms with Gasteiger partial charge in [-0.1, -0.05) is 0 Å². The molecular weight excluding hydrogens is 264 g/mol. The van der Waals surface area contributed by atoms with Gasteiger partial charge in [-0.25, -0.2) is 9.98 Å².